The van der Waals surface area contributed by atoms with Gasteiger partial charge < -0.3 is 14.6 Å². The molecule has 2 aromatic rings. The van der Waals surface area contributed by atoms with Gasteiger partial charge in [0, 0.05) is 17.5 Å². The summed E-state index contributed by atoms with van der Waals surface area (Å²) in [6.07, 6.45) is 2.75. The van der Waals surface area contributed by atoms with E-state index in [1.54, 1.807) is 25.1 Å². The Bertz CT molecular complexity index is 891. The molecule has 2 aliphatic carbocycles. The average molecular weight is 382 g/mol. The number of carbonyl (C=O) groups is 3. The maximum Gasteiger partial charge on any atom is 0.310 e. The van der Waals surface area contributed by atoms with E-state index in [9.17, 15) is 14.4 Å². The molecule has 7 nitrogen and oxygen atoms in total. The van der Waals surface area contributed by atoms with Gasteiger partial charge in [0.15, 0.2) is 18.2 Å². The minimum atomic E-state index is -0.490. The van der Waals surface area contributed by atoms with E-state index in [1.165, 1.54) is 0 Å². The molecular weight excluding hydrogens is 360 g/mol. The predicted octanol–water partition coefficient (Wildman–Crippen LogP) is 3.01. The van der Waals surface area contributed by atoms with Gasteiger partial charge in [-0.15, -0.1) is 0 Å². The quantitative estimate of drug-likeness (QED) is 0.609. The lowest BCUT2D eigenvalue weighted by molar-refractivity contribution is -0.154. The number of nitrogens with one attached hydrogen (secondary N) is 1. The first-order valence-electron chi connectivity index (χ1n) is 9.52. The molecule has 4 rings (SSSR count). The minimum absolute atomic E-state index is 0.00252. The van der Waals surface area contributed by atoms with Gasteiger partial charge >= 0.3 is 5.97 Å². The maximum absolute atomic E-state index is 13.0. The third-order valence-corrected chi connectivity index (χ3v) is 5.79. The van der Waals surface area contributed by atoms with Crippen LogP contribution in [0.3, 0.4) is 0 Å². The Labute approximate surface area is 162 Å². The SMILES string of the molecule is Cc1cc(NC(=O)COC(=O)[C@@H]2[C@@H]3CC[C@@H](C3)[C@@H]2C(=O)c2ccccc2)no1. The molecule has 0 spiro atoms. The summed E-state index contributed by atoms with van der Waals surface area (Å²) in [5.41, 5.74) is 0.622. The lowest BCUT2D eigenvalue weighted by atomic mass is 9.75. The highest BCUT2D eigenvalue weighted by Crippen LogP contribution is 2.53. The molecule has 1 N–H and O–H groups in total. The topological polar surface area (TPSA) is 98.5 Å². The molecule has 0 unspecified atom stereocenters. The molecule has 1 aromatic heterocycles. The number of Topliss-reactive ketones (excluding diaryl/α,β-unsaturated/α-hetero) is 1. The van der Waals surface area contributed by atoms with Crippen molar-refractivity contribution >= 4 is 23.5 Å². The van der Waals surface area contributed by atoms with E-state index >= 15 is 0 Å². The summed E-state index contributed by atoms with van der Waals surface area (Å²) in [6.45, 7) is 1.30. The molecule has 28 heavy (non-hydrogen) atoms. The molecule has 0 radical (unpaired) electrons. The number of anilines is 1. The second-order valence-electron chi connectivity index (χ2n) is 7.59. The number of rotatable bonds is 6. The number of benzene rings is 1. The van der Waals surface area contributed by atoms with Gasteiger partial charge in [0.1, 0.15) is 5.76 Å². The third-order valence-electron chi connectivity index (χ3n) is 5.79. The van der Waals surface area contributed by atoms with Crippen molar-refractivity contribution in [2.45, 2.75) is 26.2 Å². The lowest BCUT2D eigenvalue weighted by Gasteiger charge is -2.28. The van der Waals surface area contributed by atoms with Crippen LogP contribution in [0.15, 0.2) is 40.9 Å². The Hall–Kier alpha value is -2.96. The summed E-state index contributed by atoms with van der Waals surface area (Å²) < 4.78 is 10.2. The molecule has 2 aliphatic rings. The van der Waals surface area contributed by atoms with Crippen molar-refractivity contribution in [1.29, 1.82) is 0 Å². The van der Waals surface area contributed by atoms with E-state index < -0.39 is 24.4 Å². The Morgan fingerprint density at radius 2 is 1.86 bits per heavy atom. The Kier molecular flexibility index (Phi) is 4.98. The summed E-state index contributed by atoms with van der Waals surface area (Å²) in [6, 6.07) is 10.6. The predicted molar refractivity (Wildman–Crippen MR) is 99.4 cm³/mol. The van der Waals surface area contributed by atoms with Crippen LogP contribution >= 0.6 is 0 Å². The van der Waals surface area contributed by atoms with Crippen LogP contribution in [-0.4, -0.2) is 29.4 Å². The molecule has 4 atom stereocenters. The van der Waals surface area contributed by atoms with E-state index in [0.717, 1.165) is 19.3 Å². The molecular formula is C21H22N2O5. The fourth-order valence-electron chi connectivity index (χ4n) is 4.64. The number of aromatic nitrogens is 1. The summed E-state index contributed by atoms with van der Waals surface area (Å²) in [5, 5.41) is 6.18. The van der Waals surface area contributed by atoms with Crippen molar-refractivity contribution < 1.29 is 23.6 Å². The standard InChI is InChI=1S/C21H22N2O5/c1-12-9-16(23-28-12)22-17(24)11-27-21(26)19-15-8-7-14(10-15)18(19)20(25)13-5-3-2-4-6-13/h2-6,9,14-15,18-19H,7-8,10-11H2,1H3,(H,22,23,24)/t14-,15+,18-,19+/m0/s1. The highest BCUT2D eigenvalue weighted by atomic mass is 16.5. The summed E-state index contributed by atoms with van der Waals surface area (Å²) in [5.74, 6) is -0.602. The molecule has 1 aromatic carbocycles. The fraction of sp³-hybridized carbons (Fsp3) is 0.429. The normalized spacial score (nSPS) is 25.5. The second kappa shape index (κ2) is 7.58. The van der Waals surface area contributed by atoms with Crippen LogP contribution in [-0.2, 0) is 14.3 Å². The summed E-state index contributed by atoms with van der Waals surface area (Å²) in [7, 11) is 0. The number of esters is 1. The third kappa shape index (κ3) is 3.56. The van der Waals surface area contributed by atoms with Crippen molar-refractivity contribution in [1.82, 2.24) is 5.16 Å². The first kappa shape index (κ1) is 18.4. The van der Waals surface area contributed by atoms with Crippen molar-refractivity contribution in [2.24, 2.45) is 23.7 Å². The largest absolute Gasteiger partial charge is 0.455 e. The Morgan fingerprint density at radius 3 is 2.54 bits per heavy atom. The van der Waals surface area contributed by atoms with E-state index in [2.05, 4.69) is 10.5 Å². The van der Waals surface area contributed by atoms with Crippen molar-refractivity contribution in [2.75, 3.05) is 11.9 Å². The van der Waals surface area contributed by atoms with Gasteiger partial charge in [0.05, 0.1) is 5.92 Å². The average Bonchev–Trinajstić information content (AvgIpc) is 3.42. The molecule has 146 valence electrons. The number of fused-ring (bicyclic) bond motifs is 2. The number of hydrogen-bond acceptors (Lipinski definition) is 6. The van der Waals surface area contributed by atoms with Gasteiger partial charge in [-0.25, -0.2) is 0 Å². The zero-order chi connectivity index (χ0) is 19.7. The molecule has 2 bridgehead atoms. The van der Waals surface area contributed by atoms with Crippen molar-refractivity contribution in [3.8, 4) is 0 Å². The van der Waals surface area contributed by atoms with Crippen LogP contribution in [0.5, 0.6) is 0 Å². The van der Waals surface area contributed by atoms with E-state index in [0.29, 0.717) is 11.3 Å². The van der Waals surface area contributed by atoms with E-state index in [4.69, 9.17) is 9.26 Å². The Balaban J connectivity index is 1.40. The molecule has 7 heteroatoms. The van der Waals surface area contributed by atoms with Gasteiger partial charge in [-0.1, -0.05) is 35.5 Å². The number of carbonyl (C=O) groups excluding carboxylic acids is 3. The zero-order valence-corrected chi connectivity index (χ0v) is 15.6. The van der Waals surface area contributed by atoms with Gasteiger partial charge in [-0.3, -0.25) is 14.4 Å². The smallest absolute Gasteiger partial charge is 0.310 e. The first-order chi connectivity index (χ1) is 13.5. The number of nitrogens with zero attached hydrogens (tertiary/aromatic N) is 1. The van der Waals surface area contributed by atoms with E-state index in [1.807, 2.05) is 18.2 Å². The number of aryl methyl sites for hydroxylation is 1. The van der Waals surface area contributed by atoms with Crippen molar-refractivity contribution in [3.05, 3.63) is 47.7 Å². The van der Waals surface area contributed by atoms with Gasteiger partial charge in [-0.05, 0) is 38.0 Å². The fourth-order valence-corrected chi connectivity index (χ4v) is 4.64. The molecule has 2 fully saturated rings. The minimum Gasteiger partial charge on any atom is -0.455 e. The first-order valence-corrected chi connectivity index (χ1v) is 9.52. The zero-order valence-electron chi connectivity index (χ0n) is 15.6. The van der Waals surface area contributed by atoms with Gasteiger partial charge in [0.25, 0.3) is 5.91 Å². The second-order valence-corrected chi connectivity index (χ2v) is 7.59. The number of ether oxygens (including phenoxy) is 1. The number of hydrogen-bond donors (Lipinski definition) is 1. The van der Waals surface area contributed by atoms with Crippen LogP contribution in [0.2, 0.25) is 0 Å². The lowest BCUT2D eigenvalue weighted by Crippen LogP contribution is -2.37. The molecule has 0 saturated heterocycles. The number of amides is 1. The van der Waals surface area contributed by atoms with Crippen LogP contribution in [0.25, 0.3) is 0 Å². The summed E-state index contributed by atoms with van der Waals surface area (Å²) in [4.78, 5) is 37.8. The molecule has 1 amide bonds. The maximum atomic E-state index is 13.0. The molecule has 2 saturated carbocycles. The number of ketones is 1. The van der Waals surface area contributed by atoms with Crippen LogP contribution in [0.1, 0.15) is 35.4 Å². The van der Waals surface area contributed by atoms with Crippen LogP contribution in [0, 0.1) is 30.6 Å². The highest BCUT2D eigenvalue weighted by Gasteiger charge is 2.54. The van der Waals surface area contributed by atoms with Crippen LogP contribution < -0.4 is 5.32 Å². The Morgan fingerprint density at radius 1 is 1.14 bits per heavy atom. The van der Waals surface area contributed by atoms with Gasteiger partial charge in [-0.2, -0.15) is 0 Å². The highest BCUT2D eigenvalue weighted by molar-refractivity contribution is 6.01. The molecule has 1 heterocycles. The van der Waals surface area contributed by atoms with Gasteiger partial charge in [0.2, 0.25) is 0 Å². The summed E-state index contributed by atoms with van der Waals surface area (Å²) >= 11 is 0. The monoisotopic (exact) mass is 382 g/mol. The van der Waals surface area contributed by atoms with Crippen molar-refractivity contribution in [3.63, 3.8) is 0 Å². The van der Waals surface area contributed by atoms with E-state index in [-0.39, 0.29) is 29.4 Å². The molecule has 0 aliphatic heterocycles. The van der Waals surface area contributed by atoms with Crippen LogP contribution in [0.4, 0.5) is 5.82 Å².